The van der Waals surface area contributed by atoms with Crippen LogP contribution in [0.1, 0.15) is 6.42 Å². The van der Waals surface area contributed by atoms with E-state index in [1.807, 2.05) is 0 Å². The number of nitrogens with zero attached hydrogens (tertiary/aromatic N) is 1. The summed E-state index contributed by atoms with van der Waals surface area (Å²) < 4.78 is 0. The van der Waals surface area contributed by atoms with Crippen LogP contribution in [0.5, 0.6) is 0 Å². The van der Waals surface area contributed by atoms with Gasteiger partial charge in [0, 0.05) is 6.42 Å². The van der Waals surface area contributed by atoms with Crippen LogP contribution in [-0.4, -0.2) is 46.0 Å². The van der Waals surface area contributed by atoms with Crippen molar-refractivity contribution in [3.8, 4) is 0 Å². The molecule has 5 nitrogen and oxygen atoms in total. The Labute approximate surface area is 63.1 Å². The number of carbonyl (C=O) groups excluding carboxylic acids is 1. The van der Waals surface area contributed by atoms with Gasteiger partial charge in [0.1, 0.15) is 18.3 Å². The number of hydrogen-bond acceptors (Lipinski definition) is 4. The molecule has 1 amide bonds. The Morgan fingerprint density at radius 3 is 2.64 bits per heavy atom. The van der Waals surface area contributed by atoms with Gasteiger partial charge in [-0.3, -0.25) is 9.63 Å². The molecule has 0 aromatic heterocycles. The van der Waals surface area contributed by atoms with Gasteiger partial charge in [-0.2, -0.15) is 0 Å². The fourth-order valence-electron chi connectivity index (χ4n) is 1.66. The van der Waals surface area contributed by atoms with E-state index in [1.165, 1.54) is 0 Å². The maximum Gasteiger partial charge on any atom is 0.233 e. The Bertz CT molecular complexity index is 183. The molecular weight excluding hydrogens is 150 g/mol. The number of amides is 1. The lowest BCUT2D eigenvalue weighted by Crippen LogP contribution is -2.47. The van der Waals surface area contributed by atoms with Crippen LogP contribution in [0.15, 0.2) is 0 Å². The first-order valence-electron chi connectivity index (χ1n) is 3.50. The predicted octanol–water partition coefficient (Wildman–Crippen LogP) is -1.75. The normalized spacial score (nSPS) is 48.4. The molecule has 62 valence electrons. The average Bonchev–Trinajstić information content (AvgIpc) is 2.53. The quantitative estimate of drug-likeness (QED) is 0.445. The molecule has 2 rings (SSSR count). The molecule has 1 saturated carbocycles. The third-order valence-corrected chi connectivity index (χ3v) is 2.29. The lowest BCUT2D eigenvalue weighted by Gasteiger charge is -2.29. The van der Waals surface area contributed by atoms with Crippen molar-refractivity contribution in [3.63, 3.8) is 0 Å². The van der Waals surface area contributed by atoms with Gasteiger partial charge < -0.3 is 10.2 Å². The zero-order chi connectivity index (χ0) is 8.01. The number of aliphatic hydroxyl groups excluding tert-OH is 2. The van der Waals surface area contributed by atoms with E-state index in [1.54, 1.807) is 0 Å². The molecule has 1 heterocycles. The maximum absolute atomic E-state index is 10.3. The highest BCUT2D eigenvalue weighted by molar-refractivity contribution is 5.47. The minimum Gasteiger partial charge on any atom is -0.388 e. The largest absolute Gasteiger partial charge is 0.388 e. The summed E-state index contributed by atoms with van der Waals surface area (Å²) in [6.45, 7) is 0. The van der Waals surface area contributed by atoms with Crippen molar-refractivity contribution in [1.82, 2.24) is 5.06 Å². The third kappa shape index (κ3) is 0.786. The van der Waals surface area contributed by atoms with Crippen molar-refractivity contribution in [1.29, 1.82) is 0 Å². The summed E-state index contributed by atoms with van der Waals surface area (Å²) in [5, 5.41) is 19.5. The molecule has 1 aliphatic carbocycles. The molecule has 0 radical (unpaired) electrons. The Hall–Kier alpha value is -0.650. The molecule has 0 spiro atoms. The summed E-state index contributed by atoms with van der Waals surface area (Å²) in [6.07, 6.45) is -1.03. The van der Waals surface area contributed by atoms with Crippen molar-refractivity contribution in [2.45, 2.75) is 30.8 Å². The molecule has 2 fully saturated rings. The molecule has 1 saturated heterocycles. The summed E-state index contributed by atoms with van der Waals surface area (Å²) in [4.78, 5) is 15.2. The summed E-state index contributed by atoms with van der Waals surface area (Å²) in [5.41, 5.74) is 0. The van der Waals surface area contributed by atoms with E-state index in [2.05, 4.69) is 0 Å². The van der Waals surface area contributed by atoms with E-state index in [-0.39, 0.29) is 6.04 Å². The first kappa shape index (κ1) is 7.02. The van der Waals surface area contributed by atoms with Crippen molar-refractivity contribution in [2.75, 3.05) is 0 Å². The number of hydrogen-bond donors (Lipinski definition) is 2. The fraction of sp³-hybridized carbons (Fsp3) is 0.833. The third-order valence-electron chi connectivity index (χ3n) is 2.29. The Kier molecular flexibility index (Phi) is 1.38. The van der Waals surface area contributed by atoms with E-state index in [9.17, 15) is 15.0 Å². The molecule has 11 heavy (non-hydrogen) atoms. The van der Waals surface area contributed by atoms with E-state index in [4.69, 9.17) is 4.84 Å². The predicted molar refractivity (Wildman–Crippen MR) is 33.2 cm³/mol. The van der Waals surface area contributed by atoms with E-state index < -0.39 is 18.3 Å². The molecular formula is C6H9NO4. The number of rotatable bonds is 1. The van der Waals surface area contributed by atoms with Crippen LogP contribution in [0.25, 0.3) is 0 Å². The second-order valence-electron chi connectivity index (χ2n) is 2.89. The highest BCUT2D eigenvalue weighted by Crippen LogP contribution is 2.34. The highest BCUT2D eigenvalue weighted by Gasteiger charge is 2.52. The van der Waals surface area contributed by atoms with Gasteiger partial charge in [-0.05, 0) is 0 Å². The average molecular weight is 159 g/mol. The maximum atomic E-state index is 10.3. The Morgan fingerprint density at radius 1 is 1.45 bits per heavy atom. The van der Waals surface area contributed by atoms with Crippen LogP contribution in [0.2, 0.25) is 0 Å². The first-order chi connectivity index (χ1) is 5.24. The van der Waals surface area contributed by atoms with Gasteiger partial charge in [0.2, 0.25) is 6.41 Å². The molecule has 4 unspecified atom stereocenters. The fourth-order valence-corrected chi connectivity index (χ4v) is 1.66. The van der Waals surface area contributed by atoms with Gasteiger partial charge in [0.15, 0.2) is 0 Å². The molecule has 5 heteroatoms. The van der Waals surface area contributed by atoms with Crippen LogP contribution in [0, 0.1) is 0 Å². The van der Waals surface area contributed by atoms with E-state index >= 15 is 0 Å². The standard InChI is InChI=1S/C6H9NO4/c8-2-7-3-1-4(11-7)6(10)5(3)9/h2-6,9-10H,1H2. The molecule has 2 bridgehead atoms. The van der Waals surface area contributed by atoms with Crippen LogP contribution >= 0.6 is 0 Å². The van der Waals surface area contributed by atoms with E-state index in [0.29, 0.717) is 12.8 Å². The topological polar surface area (TPSA) is 70.0 Å². The smallest absolute Gasteiger partial charge is 0.233 e. The minimum absolute atomic E-state index is 0.354. The molecule has 0 aromatic carbocycles. The summed E-state index contributed by atoms with van der Waals surface area (Å²) in [7, 11) is 0. The van der Waals surface area contributed by atoms with Gasteiger partial charge in [0.05, 0.1) is 6.04 Å². The monoisotopic (exact) mass is 159 g/mol. The van der Waals surface area contributed by atoms with Gasteiger partial charge >= 0.3 is 0 Å². The van der Waals surface area contributed by atoms with Crippen LogP contribution in [-0.2, 0) is 9.63 Å². The second kappa shape index (κ2) is 2.17. The highest BCUT2D eigenvalue weighted by atomic mass is 16.7. The zero-order valence-electron chi connectivity index (χ0n) is 5.75. The van der Waals surface area contributed by atoms with Gasteiger partial charge in [-0.15, -0.1) is 0 Å². The minimum atomic E-state index is -0.848. The molecule has 0 aromatic rings. The molecule has 4 atom stereocenters. The second-order valence-corrected chi connectivity index (χ2v) is 2.89. The number of carbonyl (C=O) groups is 1. The van der Waals surface area contributed by atoms with Crippen molar-refractivity contribution in [2.24, 2.45) is 0 Å². The van der Waals surface area contributed by atoms with Crippen molar-refractivity contribution in [3.05, 3.63) is 0 Å². The van der Waals surface area contributed by atoms with Gasteiger partial charge in [0.25, 0.3) is 0 Å². The van der Waals surface area contributed by atoms with Crippen LogP contribution < -0.4 is 0 Å². The Morgan fingerprint density at radius 2 is 2.18 bits per heavy atom. The van der Waals surface area contributed by atoms with Crippen LogP contribution in [0.4, 0.5) is 0 Å². The van der Waals surface area contributed by atoms with Crippen molar-refractivity contribution < 1.29 is 19.8 Å². The number of aliphatic hydroxyl groups is 2. The first-order valence-corrected chi connectivity index (χ1v) is 3.50. The Balaban J connectivity index is 2.15. The summed E-state index contributed by atoms with van der Waals surface area (Å²) >= 11 is 0. The lowest BCUT2D eigenvalue weighted by atomic mass is 10.2. The lowest BCUT2D eigenvalue weighted by molar-refractivity contribution is -0.230. The van der Waals surface area contributed by atoms with Gasteiger partial charge in [-0.1, -0.05) is 0 Å². The number of hydroxylamine groups is 2. The summed E-state index contributed by atoms with van der Waals surface area (Å²) in [6, 6.07) is -0.354. The molecule has 2 aliphatic rings. The SMILES string of the molecule is O=CN1OC2CC1C(O)C2O. The molecule has 1 aliphatic heterocycles. The van der Waals surface area contributed by atoms with Crippen molar-refractivity contribution >= 4 is 6.41 Å². The van der Waals surface area contributed by atoms with Gasteiger partial charge in [-0.25, -0.2) is 5.06 Å². The van der Waals surface area contributed by atoms with Crippen LogP contribution in [0.3, 0.4) is 0 Å². The molecule has 2 N–H and O–H groups in total. The number of fused-ring (bicyclic) bond motifs is 2. The summed E-state index contributed by atoms with van der Waals surface area (Å²) in [5.74, 6) is 0. The zero-order valence-corrected chi connectivity index (χ0v) is 5.75. The van der Waals surface area contributed by atoms with E-state index in [0.717, 1.165) is 5.06 Å².